The third-order valence-electron chi connectivity index (χ3n) is 3.34. The van der Waals surface area contributed by atoms with Gasteiger partial charge in [0, 0.05) is 37.8 Å². The molecule has 0 amide bonds. The molecule has 0 N–H and O–H groups in total. The van der Waals surface area contributed by atoms with Gasteiger partial charge < -0.3 is 14.5 Å². The lowest BCUT2D eigenvalue weighted by atomic mass is 10.3. The summed E-state index contributed by atoms with van der Waals surface area (Å²) in [6, 6.07) is 3.44. The Balaban J connectivity index is 1.63. The van der Waals surface area contributed by atoms with Gasteiger partial charge in [-0.25, -0.2) is 9.78 Å². The van der Waals surface area contributed by atoms with Crippen LogP contribution in [-0.4, -0.2) is 54.4 Å². The van der Waals surface area contributed by atoms with Crippen molar-refractivity contribution in [3.8, 4) is 0 Å². The van der Waals surface area contributed by atoms with Gasteiger partial charge in [-0.3, -0.25) is 0 Å². The molecule has 110 valence electrons. The highest BCUT2D eigenvalue weighted by molar-refractivity contribution is 7.13. The summed E-state index contributed by atoms with van der Waals surface area (Å²) in [5, 5.41) is 11.0. The molecule has 0 bridgehead atoms. The molecule has 2 aromatic heterocycles. The summed E-state index contributed by atoms with van der Waals surface area (Å²) in [6.45, 7) is 3.50. The number of aromatic nitrogens is 3. The monoisotopic (exact) mass is 305 g/mol. The molecule has 8 heteroatoms. The first-order chi connectivity index (χ1) is 10.3. The lowest BCUT2D eigenvalue weighted by Gasteiger charge is -2.34. The number of ether oxygens (including phenoxy) is 1. The number of rotatable bonds is 3. The predicted octanol–water partition coefficient (Wildman–Crippen LogP) is 1.05. The fourth-order valence-corrected chi connectivity index (χ4v) is 2.90. The van der Waals surface area contributed by atoms with E-state index in [1.54, 1.807) is 23.5 Å². The van der Waals surface area contributed by atoms with Crippen LogP contribution in [0.25, 0.3) is 0 Å². The number of piperazine rings is 1. The number of carbonyl (C=O) groups excluding carboxylic acids is 1. The maximum atomic E-state index is 11.3. The number of anilines is 2. The van der Waals surface area contributed by atoms with Crippen molar-refractivity contribution >= 4 is 28.3 Å². The SMILES string of the molecule is COC(=O)c1ccc(N2CCN(c3nccs3)CC2)nn1. The fraction of sp³-hybridized carbons (Fsp3) is 0.385. The number of hydrogen-bond acceptors (Lipinski definition) is 8. The standard InChI is InChI=1S/C13H15N5O2S/c1-20-12(19)10-2-3-11(16-15-10)17-5-7-18(8-6-17)13-14-4-9-21-13/h2-4,9H,5-8H2,1H3. The highest BCUT2D eigenvalue weighted by Crippen LogP contribution is 2.20. The Morgan fingerprint density at radius 1 is 1.19 bits per heavy atom. The summed E-state index contributed by atoms with van der Waals surface area (Å²) in [5.41, 5.74) is 0.225. The second kappa shape index (κ2) is 6.04. The van der Waals surface area contributed by atoms with Crippen molar-refractivity contribution in [1.29, 1.82) is 0 Å². The van der Waals surface area contributed by atoms with E-state index in [0.717, 1.165) is 37.1 Å². The molecule has 0 aliphatic carbocycles. The van der Waals surface area contributed by atoms with Crippen LogP contribution in [0, 0.1) is 0 Å². The molecule has 3 rings (SSSR count). The van der Waals surface area contributed by atoms with Gasteiger partial charge in [0.15, 0.2) is 16.6 Å². The van der Waals surface area contributed by atoms with E-state index in [9.17, 15) is 4.79 Å². The fourth-order valence-electron chi connectivity index (χ4n) is 2.21. The van der Waals surface area contributed by atoms with E-state index in [1.807, 2.05) is 11.6 Å². The zero-order valence-corrected chi connectivity index (χ0v) is 12.4. The zero-order valence-electron chi connectivity index (χ0n) is 11.6. The molecule has 0 aromatic carbocycles. The van der Waals surface area contributed by atoms with Crippen LogP contribution >= 0.6 is 11.3 Å². The predicted molar refractivity (Wildman–Crippen MR) is 79.9 cm³/mol. The molecule has 1 fully saturated rings. The number of hydrogen-bond donors (Lipinski definition) is 0. The number of thiazole rings is 1. The Bertz CT molecular complexity index is 594. The number of nitrogens with zero attached hydrogens (tertiary/aromatic N) is 5. The Morgan fingerprint density at radius 2 is 1.95 bits per heavy atom. The third-order valence-corrected chi connectivity index (χ3v) is 4.17. The minimum Gasteiger partial charge on any atom is -0.464 e. The van der Waals surface area contributed by atoms with Crippen molar-refractivity contribution in [2.45, 2.75) is 0 Å². The molecular weight excluding hydrogens is 290 g/mol. The molecular formula is C13H15N5O2S. The lowest BCUT2D eigenvalue weighted by molar-refractivity contribution is 0.0592. The summed E-state index contributed by atoms with van der Waals surface area (Å²) >= 11 is 1.65. The molecule has 0 atom stereocenters. The zero-order chi connectivity index (χ0) is 14.7. The van der Waals surface area contributed by atoms with Gasteiger partial charge >= 0.3 is 5.97 Å². The van der Waals surface area contributed by atoms with Crippen molar-refractivity contribution in [1.82, 2.24) is 15.2 Å². The van der Waals surface area contributed by atoms with Crippen LogP contribution in [0.3, 0.4) is 0 Å². The summed E-state index contributed by atoms with van der Waals surface area (Å²) in [7, 11) is 1.33. The molecule has 1 saturated heterocycles. The second-order valence-electron chi connectivity index (χ2n) is 4.56. The van der Waals surface area contributed by atoms with E-state index >= 15 is 0 Å². The first-order valence-electron chi connectivity index (χ1n) is 6.59. The molecule has 0 saturated carbocycles. The Hall–Kier alpha value is -2.22. The molecule has 21 heavy (non-hydrogen) atoms. The van der Waals surface area contributed by atoms with Crippen LogP contribution in [0.2, 0.25) is 0 Å². The van der Waals surface area contributed by atoms with E-state index in [1.165, 1.54) is 7.11 Å². The Labute approximate surface area is 126 Å². The van der Waals surface area contributed by atoms with Crippen LogP contribution < -0.4 is 9.80 Å². The van der Waals surface area contributed by atoms with Gasteiger partial charge in [-0.05, 0) is 12.1 Å². The number of carbonyl (C=O) groups is 1. The van der Waals surface area contributed by atoms with Crippen molar-refractivity contribution in [2.75, 3.05) is 43.1 Å². The van der Waals surface area contributed by atoms with Crippen molar-refractivity contribution in [3.63, 3.8) is 0 Å². The van der Waals surface area contributed by atoms with Crippen molar-refractivity contribution in [2.24, 2.45) is 0 Å². The average molecular weight is 305 g/mol. The van der Waals surface area contributed by atoms with Crippen LogP contribution in [0.15, 0.2) is 23.7 Å². The van der Waals surface area contributed by atoms with Gasteiger partial charge in [0.25, 0.3) is 0 Å². The third kappa shape index (κ3) is 2.94. The molecule has 1 aliphatic heterocycles. The highest BCUT2D eigenvalue weighted by atomic mass is 32.1. The normalized spacial score (nSPS) is 15.1. The van der Waals surface area contributed by atoms with Gasteiger partial charge in [-0.2, -0.15) is 0 Å². The minimum absolute atomic E-state index is 0.225. The maximum absolute atomic E-state index is 11.3. The summed E-state index contributed by atoms with van der Waals surface area (Å²) in [6.07, 6.45) is 1.82. The maximum Gasteiger partial charge on any atom is 0.358 e. The summed E-state index contributed by atoms with van der Waals surface area (Å²) in [4.78, 5) is 20.1. The molecule has 2 aromatic rings. The van der Waals surface area contributed by atoms with Crippen LogP contribution in [-0.2, 0) is 4.74 Å². The molecule has 1 aliphatic rings. The molecule has 3 heterocycles. The number of methoxy groups -OCH3 is 1. The quantitative estimate of drug-likeness (QED) is 0.785. The summed E-state index contributed by atoms with van der Waals surface area (Å²) < 4.78 is 4.61. The lowest BCUT2D eigenvalue weighted by Crippen LogP contribution is -2.46. The van der Waals surface area contributed by atoms with Crippen molar-refractivity contribution in [3.05, 3.63) is 29.4 Å². The van der Waals surface area contributed by atoms with Crippen LogP contribution in [0.4, 0.5) is 10.9 Å². The molecule has 0 radical (unpaired) electrons. The molecule has 0 spiro atoms. The first kappa shape index (κ1) is 13.7. The van der Waals surface area contributed by atoms with E-state index in [-0.39, 0.29) is 5.69 Å². The van der Waals surface area contributed by atoms with Gasteiger partial charge in [-0.15, -0.1) is 21.5 Å². The van der Waals surface area contributed by atoms with Gasteiger partial charge in [0.05, 0.1) is 7.11 Å². The Morgan fingerprint density at radius 3 is 2.52 bits per heavy atom. The average Bonchev–Trinajstić information content (AvgIpc) is 3.09. The number of esters is 1. The van der Waals surface area contributed by atoms with E-state index < -0.39 is 5.97 Å². The van der Waals surface area contributed by atoms with Crippen LogP contribution in [0.5, 0.6) is 0 Å². The Kier molecular flexibility index (Phi) is 3.96. The van der Waals surface area contributed by atoms with E-state index in [2.05, 4.69) is 29.7 Å². The smallest absolute Gasteiger partial charge is 0.358 e. The summed E-state index contributed by atoms with van der Waals surface area (Å²) in [5.74, 6) is 0.309. The largest absolute Gasteiger partial charge is 0.464 e. The van der Waals surface area contributed by atoms with E-state index in [4.69, 9.17) is 0 Å². The van der Waals surface area contributed by atoms with E-state index in [0.29, 0.717) is 0 Å². The highest BCUT2D eigenvalue weighted by Gasteiger charge is 2.20. The van der Waals surface area contributed by atoms with Gasteiger partial charge in [0.1, 0.15) is 0 Å². The second-order valence-corrected chi connectivity index (χ2v) is 5.43. The van der Waals surface area contributed by atoms with Crippen LogP contribution in [0.1, 0.15) is 10.5 Å². The first-order valence-corrected chi connectivity index (χ1v) is 7.47. The molecule has 7 nitrogen and oxygen atoms in total. The van der Waals surface area contributed by atoms with Gasteiger partial charge in [-0.1, -0.05) is 0 Å². The topological polar surface area (TPSA) is 71.5 Å². The minimum atomic E-state index is -0.470. The molecule has 0 unspecified atom stereocenters. The van der Waals surface area contributed by atoms with Crippen molar-refractivity contribution < 1.29 is 9.53 Å². The van der Waals surface area contributed by atoms with Gasteiger partial charge in [0.2, 0.25) is 0 Å².